The Hall–Kier alpha value is -2.14. The van der Waals surface area contributed by atoms with Gasteiger partial charge in [0.25, 0.3) is 10.0 Å². The molecule has 0 amide bonds. The van der Waals surface area contributed by atoms with Crippen LogP contribution in [0.5, 0.6) is 0 Å². The minimum absolute atomic E-state index is 0.0778. The highest BCUT2D eigenvalue weighted by Gasteiger charge is 2.30. The zero-order chi connectivity index (χ0) is 15.9. The molecule has 0 aromatic heterocycles. The van der Waals surface area contributed by atoms with Gasteiger partial charge in [-0.2, -0.15) is 0 Å². The number of fused-ring (bicyclic) bond motifs is 1. The summed E-state index contributed by atoms with van der Waals surface area (Å²) in [6, 6.07) is 11.9. The molecular weight excluding hydrogens is 298 g/mol. The maximum atomic E-state index is 12.8. The van der Waals surface area contributed by atoms with Crippen LogP contribution in [-0.2, 0) is 16.4 Å². The molecule has 0 radical (unpaired) electrons. The van der Waals surface area contributed by atoms with Crippen molar-refractivity contribution in [2.75, 3.05) is 10.8 Å². The van der Waals surface area contributed by atoms with Crippen molar-refractivity contribution < 1.29 is 13.2 Å². The highest BCUT2D eigenvalue weighted by Crippen LogP contribution is 2.33. The van der Waals surface area contributed by atoms with E-state index < -0.39 is 10.0 Å². The number of hydrogen-bond donors (Lipinski definition) is 0. The van der Waals surface area contributed by atoms with Crippen molar-refractivity contribution in [2.24, 2.45) is 0 Å². The third kappa shape index (κ3) is 2.41. The van der Waals surface area contributed by atoms with Crippen molar-refractivity contribution in [3.05, 3.63) is 59.2 Å². The van der Waals surface area contributed by atoms with E-state index in [2.05, 4.69) is 0 Å². The van der Waals surface area contributed by atoms with Crippen LogP contribution in [0.3, 0.4) is 0 Å². The molecule has 0 unspecified atom stereocenters. The molecule has 3 rings (SSSR count). The quantitative estimate of drug-likeness (QED) is 0.818. The Bertz CT molecular complexity index is 839. The molecule has 0 fully saturated rings. The molecule has 1 aliphatic rings. The molecule has 4 nitrogen and oxygen atoms in total. The Morgan fingerprint density at radius 3 is 2.41 bits per heavy atom. The second kappa shape index (κ2) is 5.25. The highest BCUT2D eigenvalue weighted by atomic mass is 32.2. The Balaban J connectivity index is 2.00. The fraction of sp³-hybridized carbons (Fsp3) is 0.235. The molecular formula is C17H17NO3S. The number of anilines is 1. The first kappa shape index (κ1) is 14.8. The minimum Gasteiger partial charge on any atom is -0.295 e. The van der Waals surface area contributed by atoms with Gasteiger partial charge in [0.2, 0.25) is 0 Å². The van der Waals surface area contributed by atoms with E-state index in [1.54, 1.807) is 12.1 Å². The number of ketones is 1. The van der Waals surface area contributed by atoms with Gasteiger partial charge in [-0.25, -0.2) is 8.42 Å². The SMILES string of the molecule is CC(=O)c1ccc(S(=O)(=O)N2CCc3cc(C)ccc32)cc1. The van der Waals surface area contributed by atoms with Crippen molar-refractivity contribution >= 4 is 21.5 Å². The van der Waals surface area contributed by atoms with Gasteiger partial charge in [-0.3, -0.25) is 9.10 Å². The lowest BCUT2D eigenvalue weighted by atomic mass is 10.1. The summed E-state index contributed by atoms with van der Waals surface area (Å²) in [6.07, 6.45) is 0.724. The van der Waals surface area contributed by atoms with Gasteiger partial charge in [0.05, 0.1) is 10.6 Å². The molecule has 5 heteroatoms. The largest absolute Gasteiger partial charge is 0.295 e. The molecule has 22 heavy (non-hydrogen) atoms. The Labute approximate surface area is 130 Å². The number of carbonyl (C=O) groups excluding carboxylic acids is 1. The molecule has 0 saturated heterocycles. The van der Waals surface area contributed by atoms with Crippen LogP contribution >= 0.6 is 0 Å². The van der Waals surface area contributed by atoms with E-state index in [9.17, 15) is 13.2 Å². The molecule has 0 spiro atoms. The smallest absolute Gasteiger partial charge is 0.264 e. The van der Waals surface area contributed by atoms with Crippen LogP contribution in [-0.4, -0.2) is 20.7 Å². The average Bonchev–Trinajstić information content (AvgIpc) is 2.91. The van der Waals surface area contributed by atoms with Crippen LogP contribution in [0, 0.1) is 6.92 Å². The highest BCUT2D eigenvalue weighted by molar-refractivity contribution is 7.92. The van der Waals surface area contributed by atoms with E-state index in [0.29, 0.717) is 12.1 Å². The van der Waals surface area contributed by atoms with Crippen LogP contribution < -0.4 is 4.31 Å². The third-order valence-corrected chi connectivity index (χ3v) is 5.76. The van der Waals surface area contributed by atoms with E-state index in [1.165, 1.54) is 23.4 Å². The van der Waals surface area contributed by atoms with Crippen molar-refractivity contribution in [1.82, 2.24) is 0 Å². The van der Waals surface area contributed by atoms with Crippen LogP contribution in [0.15, 0.2) is 47.4 Å². The Morgan fingerprint density at radius 1 is 1.09 bits per heavy atom. The molecule has 114 valence electrons. The summed E-state index contributed by atoms with van der Waals surface area (Å²) in [6.45, 7) is 3.91. The van der Waals surface area contributed by atoms with Crippen molar-refractivity contribution in [3.63, 3.8) is 0 Å². The summed E-state index contributed by atoms with van der Waals surface area (Å²) < 4.78 is 27.1. The van der Waals surface area contributed by atoms with Gasteiger partial charge in [-0.15, -0.1) is 0 Å². The number of Topliss-reactive ketones (excluding diaryl/α,β-unsaturated/α-hetero) is 1. The first-order chi connectivity index (χ1) is 10.4. The topological polar surface area (TPSA) is 54.5 Å². The number of sulfonamides is 1. The van der Waals surface area contributed by atoms with Gasteiger partial charge < -0.3 is 0 Å². The maximum absolute atomic E-state index is 12.8. The number of benzene rings is 2. The van der Waals surface area contributed by atoms with Gasteiger partial charge >= 0.3 is 0 Å². The fourth-order valence-electron chi connectivity index (χ4n) is 2.74. The number of nitrogens with zero attached hydrogens (tertiary/aromatic N) is 1. The van der Waals surface area contributed by atoms with Crippen LogP contribution in [0.1, 0.15) is 28.4 Å². The van der Waals surface area contributed by atoms with E-state index in [1.807, 2.05) is 25.1 Å². The third-order valence-electron chi connectivity index (χ3n) is 3.94. The number of rotatable bonds is 3. The van der Waals surface area contributed by atoms with Gasteiger partial charge in [0.1, 0.15) is 0 Å². The molecule has 1 heterocycles. The normalized spacial score (nSPS) is 14.0. The number of aryl methyl sites for hydroxylation is 1. The zero-order valence-electron chi connectivity index (χ0n) is 12.5. The Morgan fingerprint density at radius 2 is 1.77 bits per heavy atom. The monoisotopic (exact) mass is 315 g/mol. The summed E-state index contributed by atoms with van der Waals surface area (Å²) in [4.78, 5) is 11.5. The Kier molecular flexibility index (Phi) is 3.53. The second-order valence-corrected chi connectivity index (χ2v) is 7.40. The van der Waals surface area contributed by atoms with Crippen LogP contribution in [0.25, 0.3) is 0 Å². The van der Waals surface area contributed by atoms with Gasteiger partial charge in [-0.1, -0.05) is 29.8 Å². The first-order valence-electron chi connectivity index (χ1n) is 7.13. The average molecular weight is 315 g/mol. The molecule has 0 atom stereocenters. The fourth-order valence-corrected chi connectivity index (χ4v) is 4.24. The minimum atomic E-state index is -3.59. The van der Waals surface area contributed by atoms with Crippen molar-refractivity contribution in [1.29, 1.82) is 0 Å². The lowest BCUT2D eigenvalue weighted by molar-refractivity contribution is 0.101. The maximum Gasteiger partial charge on any atom is 0.264 e. The van der Waals surface area contributed by atoms with E-state index >= 15 is 0 Å². The standard InChI is InChI=1S/C17H17NO3S/c1-12-3-8-17-15(11-12)9-10-18(17)22(20,21)16-6-4-14(5-7-16)13(2)19/h3-8,11H,9-10H2,1-2H3. The number of hydrogen-bond acceptors (Lipinski definition) is 3. The zero-order valence-corrected chi connectivity index (χ0v) is 13.4. The lowest BCUT2D eigenvalue weighted by Crippen LogP contribution is -2.29. The van der Waals surface area contributed by atoms with Gasteiger partial charge in [-0.05, 0) is 44.0 Å². The predicted octanol–water partition coefficient (Wildman–Crippen LogP) is 2.95. The summed E-state index contributed by atoms with van der Waals surface area (Å²) in [7, 11) is -3.59. The molecule has 0 N–H and O–H groups in total. The molecule has 0 aliphatic carbocycles. The van der Waals surface area contributed by atoms with E-state index in [0.717, 1.165) is 23.2 Å². The molecule has 1 aliphatic heterocycles. The second-order valence-electron chi connectivity index (χ2n) is 5.54. The van der Waals surface area contributed by atoms with E-state index in [4.69, 9.17) is 0 Å². The summed E-state index contributed by atoms with van der Waals surface area (Å²) in [5, 5.41) is 0. The van der Waals surface area contributed by atoms with Crippen molar-refractivity contribution in [2.45, 2.75) is 25.2 Å². The molecule has 2 aromatic carbocycles. The summed E-state index contributed by atoms with van der Waals surface area (Å²) in [5.41, 5.74) is 3.45. The molecule has 0 saturated carbocycles. The number of carbonyl (C=O) groups is 1. The molecule has 2 aromatic rings. The van der Waals surface area contributed by atoms with Gasteiger partial charge in [0.15, 0.2) is 5.78 Å². The van der Waals surface area contributed by atoms with Crippen LogP contribution in [0.4, 0.5) is 5.69 Å². The van der Waals surface area contributed by atoms with Crippen LogP contribution in [0.2, 0.25) is 0 Å². The molecule has 0 bridgehead atoms. The van der Waals surface area contributed by atoms with Gasteiger partial charge in [0, 0.05) is 12.1 Å². The van der Waals surface area contributed by atoms with Crippen molar-refractivity contribution in [3.8, 4) is 0 Å². The predicted molar refractivity (Wildman–Crippen MR) is 85.9 cm³/mol. The van der Waals surface area contributed by atoms with E-state index in [-0.39, 0.29) is 10.7 Å². The lowest BCUT2D eigenvalue weighted by Gasteiger charge is -2.19. The first-order valence-corrected chi connectivity index (χ1v) is 8.57. The summed E-state index contributed by atoms with van der Waals surface area (Å²) >= 11 is 0. The summed E-state index contributed by atoms with van der Waals surface area (Å²) in [5.74, 6) is -0.0778.